The Morgan fingerprint density at radius 2 is 1.94 bits per heavy atom. The maximum Gasteiger partial charge on any atom is 0.291 e. The molecule has 1 aliphatic rings. The van der Waals surface area contributed by atoms with Crippen LogP contribution in [0.2, 0.25) is 0 Å². The Morgan fingerprint density at radius 3 is 2.65 bits per heavy atom. The fourth-order valence-electron chi connectivity index (χ4n) is 3.57. The molecule has 1 saturated heterocycles. The van der Waals surface area contributed by atoms with E-state index in [4.69, 9.17) is 4.42 Å². The van der Waals surface area contributed by atoms with Gasteiger partial charge in [-0.3, -0.25) is 14.4 Å². The van der Waals surface area contributed by atoms with Crippen LogP contribution in [-0.4, -0.2) is 35.7 Å². The first kappa shape index (κ1) is 20.9. The summed E-state index contributed by atoms with van der Waals surface area (Å²) in [5.74, 6) is -0.316. The Hall–Kier alpha value is -3.39. The van der Waals surface area contributed by atoms with Crippen LogP contribution >= 0.6 is 11.3 Å². The highest BCUT2D eigenvalue weighted by Gasteiger charge is 2.29. The van der Waals surface area contributed by atoms with Gasteiger partial charge in [-0.15, -0.1) is 11.3 Å². The van der Waals surface area contributed by atoms with Gasteiger partial charge in [-0.05, 0) is 54.1 Å². The van der Waals surface area contributed by atoms with Crippen LogP contribution < -0.4 is 10.6 Å². The smallest absolute Gasteiger partial charge is 0.291 e. The lowest BCUT2D eigenvalue weighted by Crippen LogP contribution is -2.45. The third kappa shape index (κ3) is 5.21. The summed E-state index contributed by atoms with van der Waals surface area (Å²) in [6, 6.07) is 14.2. The van der Waals surface area contributed by atoms with Crippen molar-refractivity contribution in [3.05, 3.63) is 76.4 Å². The number of nitrogens with zero attached hydrogens (tertiary/aromatic N) is 1. The van der Waals surface area contributed by atoms with Crippen molar-refractivity contribution in [2.75, 3.05) is 18.4 Å². The second kappa shape index (κ2) is 9.61. The molecule has 3 amide bonds. The standard InChI is InChI=1S/C23H23N3O4S/c27-21(17-4-1-11-26(15-17)23(29)20-6-3-13-31-20)24-14-16-7-9-18(10-8-16)25-22(28)19-5-2-12-30-19/h2-3,5-10,12-13,17H,1,4,11,14-15H2,(H,24,27)(H,25,28)/t17-/m1/s1. The van der Waals surface area contributed by atoms with Gasteiger partial charge >= 0.3 is 0 Å². The van der Waals surface area contributed by atoms with Gasteiger partial charge in [0.25, 0.3) is 11.8 Å². The molecule has 1 atom stereocenters. The predicted octanol–water partition coefficient (Wildman–Crippen LogP) is 3.76. The highest BCUT2D eigenvalue weighted by atomic mass is 32.1. The van der Waals surface area contributed by atoms with E-state index < -0.39 is 0 Å². The molecule has 1 aromatic carbocycles. The predicted molar refractivity (Wildman–Crippen MR) is 118 cm³/mol. The molecule has 0 aliphatic carbocycles. The van der Waals surface area contributed by atoms with Crippen LogP contribution in [0.5, 0.6) is 0 Å². The molecule has 0 saturated carbocycles. The summed E-state index contributed by atoms with van der Waals surface area (Å²) in [7, 11) is 0. The third-order valence-electron chi connectivity index (χ3n) is 5.23. The van der Waals surface area contributed by atoms with Gasteiger partial charge < -0.3 is 20.0 Å². The number of carbonyl (C=O) groups is 3. The van der Waals surface area contributed by atoms with E-state index in [1.165, 1.54) is 17.6 Å². The van der Waals surface area contributed by atoms with Crippen LogP contribution in [0, 0.1) is 5.92 Å². The number of hydrogen-bond donors (Lipinski definition) is 2. The van der Waals surface area contributed by atoms with Crippen molar-refractivity contribution in [3.63, 3.8) is 0 Å². The summed E-state index contributed by atoms with van der Waals surface area (Å²) in [6.45, 7) is 1.52. The maximum atomic E-state index is 12.7. The normalized spacial score (nSPS) is 16.0. The molecule has 3 aromatic rings. The fourth-order valence-corrected chi connectivity index (χ4v) is 4.26. The van der Waals surface area contributed by atoms with Gasteiger partial charge in [0.2, 0.25) is 5.91 Å². The molecule has 3 heterocycles. The summed E-state index contributed by atoms with van der Waals surface area (Å²) in [4.78, 5) is 39.7. The van der Waals surface area contributed by atoms with Gasteiger partial charge in [0, 0.05) is 25.3 Å². The third-order valence-corrected chi connectivity index (χ3v) is 6.09. The summed E-state index contributed by atoms with van der Waals surface area (Å²) in [5.41, 5.74) is 1.57. The van der Waals surface area contributed by atoms with Crippen molar-refractivity contribution in [2.24, 2.45) is 5.92 Å². The zero-order valence-corrected chi connectivity index (χ0v) is 17.7. The molecule has 8 heteroatoms. The molecule has 0 spiro atoms. The Bertz CT molecular complexity index is 1030. The lowest BCUT2D eigenvalue weighted by Gasteiger charge is -2.31. The van der Waals surface area contributed by atoms with E-state index in [1.807, 2.05) is 29.6 Å². The first-order valence-corrected chi connectivity index (χ1v) is 11.0. The average Bonchev–Trinajstić information content (AvgIpc) is 3.52. The van der Waals surface area contributed by atoms with Crippen LogP contribution in [0.4, 0.5) is 5.69 Å². The summed E-state index contributed by atoms with van der Waals surface area (Å²) in [5, 5.41) is 7.61. The van der Waals surface area contributed by atoms with Crippen molar-refractivity contribution in [1.82, 2.24) is 10.2 Å². The number of rotatable bonds is 6. The van der Waals surface area contributed by atoms with Gasteiger partial charge in [-0.2, -0.15) is 0 Å². The zero-order valence-electron chi connectivity index (χ0n) is 16.9. The Morgan fingerprint density at radius 1 is 1.10 bits per heavy atom. The molecule has 1 fully saturated rings. The molecule has 2 N–H and O–H groups in total. The Balaban J connectivity index is 1.27. The van der Waals surface area contributed by atoms with Gasteiger partial charge in [0.1, 0.15) is 0 Å². The average molecular weight is 438 g/mol. The van der Waals surface area contributed by atoms with E-state index >= 15 is 0 Å². The number of hydrogen-bond acceptors (Lipinski definition) is 5. The van der Waals surface area contributed by atoms with Crippen LogP contribution in [-0.2, 0) is 11.3 Å². The van der Waals surface area contributed by atoms with Crippen molar-refractivity contribution >= 4 is 34.7 Å². The lowest BCUT2D eigenvalue weighted by atomic mass is 9.97. The number of piperidine rings is 1. The Labute approximate surface area is 184 Å². The van der Waals surface area contributed by atoms with Crippen LogP contribution in [0.1, 0.15) is 38.6 Å². The number of anilines is 1. The number of amides is 3. The number of benzene rings is 1. The molecular formula is C23H23N3O4S. The van der Waals surface area contributed by atoms with Crippen molar-refractivity contribution in [2.45, 2.75) is 19.4 Å². The number of likely N-dealkylation sites (tertiary alicyclic amines) is 1. The number of thiophene rings is 1. The quantitative estimate of drug-likeness (QED) is 0.614. The summed E-state index contributed by atoms with van der Waals surface area (Å²) >= 11 is 1.42. The molecule has 0 radical (unpaired) electrons. The van der Waals surface area contributed by atoms with Crippen LogP contribution in [0.3, 0.4) is 0 Å². The minimum Gasteiger partial charge on any atom is -0.459 e. The maximum absolute atomic E-state index is 12.7. The van der Waals surface area contributed by atoms with Crippen molar-refractivity contribution in [3.8, 4) is 0 Å². The van der Waals surface area contributed by atoms with Crippen molar-refractivity contribution < 1.29 is 18.8 Å². The first-order valence-electron chi connectivity index (χ1n) is 10.1. The van der Waals surface area contributed by atoms with Gasteiger partial charge in [-0.25, -0.2) is 0 Å². The van der Waals surface area contributed by atoms with Crippen LogP contribution in [0.25, 0.3) is 0 Å². The highest BCUT2D eigenvalue weighted by Crippen LogP contribution is 2.21. The lowest BCUT2D eigenvalue weighted by molar-refractivity contribution is -0.126. The summed E-state index contributed by atoms with van der Waals surface area (Å²) < 4.78 is 5.07. The minimum absolute atomic E-state index is 0.000292. The van der Waals surface area contributed by atoms with E-state index in [0.717, 1.165) is 18.4 Å². The Kier molecular flexibility index (Phi) is 6.47. The van der Waals surface area contributed by atoms with Crippen molar-refractivity contribution in [1.29, 1.82) is 0 Å². The molecular weight excluding hydrogens is 414 g/mol. The fraction of sp³-hybridized carbons (Fsp3) is 0.261. The monoisotopic (exact) mass is 437 g/mol. The van der Waals surface area contributed by atoms with E-state index in [2.05, 4.69) is 10.6 Å². The molecule has 2 aromatic heterocycles. The highest BCUT2D eigenvalue weighted by molar-refractivity contribution is 7.12. The molecule has 160 valence electrons. The van der Waals surface area contributed by atoms with E-state index in [9.17, 15) is 14.4 Å². The van der Waals surface area contributed by atoms with Gasteiger partial charge in [-0.1, -0.05) is 18.2 Å². The zero-order chi connectivity index (χ0) is 21.6. The largest absolute Gasteiger partial charge is 0.459 e. The second-order valence-corrected chi connectivity index (χ2v) is 8.36. The molecule has 0 unspecified atom stereocenters. The number of furan rings is 1. The topological polar surface area (TPSA) is 91.7 Å². The van der Waals surface area contributed by atoms with Gasteiger partial charge in [0.05, 0.1) is 17.1 Å². The molecule has 1 aliphatic heterocycles. The van der Waals surface area contributed by atoms with E-state index in [-0.39, 0.29) is 29.4 Å². The first-order chi connectivity index (χ1) is 15.1. The molecule has 0 bridgehead atoms. The number of carbonyl (C=O) groups excluding carboxylic acids is 3. The summed E-state index contributed by atoms with van der Waals surface area (Å²) in [6.07, 6.45) is 3.04. The van der Waals surface area contributed by atoms with E-state index in [0.29, 0.717) is 30.2 Å². The molecule has 31 heavy (non-hydrogen) atoms. The molecule has 4 rings (SSSR count). The minimum atomic E-state index is -0.315. The second-order valence-electron chi connectivity index (χ2n) is 7.41. The van der Waals surface area contributed by atoms with Crippen LogP contribution in [0.15, 0.2) is 64.6 Å². The SMILES string of the molecule is O=C(Nc1ccc(CNC(=O)[C@@H]2CCCN(C(=O)c3cccs3)C2)cc1)c1ccco1. The number of nitrogens with one attached hydrogen (secondary N) is 2. The van der Waals surface area contributed by atoms with E-state index in [1.54, 1.807) is 29.2 Å². The molecule has 7 nitrogen and oxygen atoms in total. The van der Waals surface area contributed by atoms with Gasteiger partial charge in [0.15, 0.2) is 5.76 Å².